The number of benzene rings is 1. The van der Waals surface area contributed by atoms with E-state index in [1.165, 1.54) is 6.07 Å². The van der Waals surface area contributed by atoms with E-state index in [0.717, 1.165) is 12.1 Å². The molecule has 9 heteroatoms. The van der Waals surface area contributed by atoms with Gasteiger partial charge in [-0.2, -0.15) is 5.10 Å². The zero-order valence-corrected chi connectivity index (χ0v) is 12.8. The van der Waals surface area contributed by atoms with Crippen LogP contribution in [0.2, 0.25) is 0 Å². The van der Waals surface area contributed by atoms with Crippen LogP contribution < -0.4 is 9.46 Å². The highest BCUT2D eigenvalue weighted by molar-refractivity contribution is 7.89. The number of rotatable bonds is 6. The average molecular weight is 331 g/mol. The van der Waals surface area contributed by atoms with Crippen LogP contribution in [0.1, 0.15) is 11.4 Å². The molecule has 1 aromatic heterocycles. The second-order valence-corrected chi connectivity index (χ2v) is 6.29. The van der Waals surface area contributed by atoms with Crippen LogP contribution in [0.4, 0.5) is 8.78 Å². The molecular formula is C13H15F2N3O3S. The molecule has 0 unspecified atom stereocenters. The standard InChI is InChI=1S/C13H15F2N3O3S/c1-8-13(9(2)18-17-8)22(19,20)16-5-6-21-10-3-4-11(14)12(15)7-10/h3-4,7,16H,5-6H2,1-2H3,(H,17,18). The number of ether oxygens (including phenoxy) is 1. The van der Waals surface area contributed by atoms with E-state index >= 15 is 0 Å². The van der Waals surface area contributed by atoms with Gasteiger partial charge in [-0.25, -0.2) is 21.9 Å². The summed E-state index contributed by atoms with van der Waals surface area (Å²) in [6.07, 6.45) is 0. The molecule has 0 fully saturated rings. The van der Waals surface area contributed by atoms with E-state index in [1.807, 2.05) is 0 Å². The summed E-state index contributed by atoms with van der Waals surface area (Å²) < 4.78 is 57.5. The van der Waals surface area contributed by atoms with Gasteiger partial charge >= 0.3 is 0 Å². The van der Waals surface area contributed by atoms with Gasteiger partial charge in [0.25, 0.3) is 0 Å². The number of hydrogen-bond acceptors (Lipinski definition) is 4. The van der Waals surface area contributed by atoms with Crippen molar-refractivity contribution in [2.24, 2.45) is 0 Å². The van der Waals surface area contributed by atoms with Crippen molar-refractivity contribution in [3.63, 3.8) is 0 Å². The first kappa shape index (κ1) is 16.4. The molecule has 0 radical (unpaired) electrons. The van der Waals surface area contributed by atoms with E-state index in [1.54, 1.807) is 13.8 Å². The molecule has 6 nitrogen and oxygen atoms in total. The summed E-state index contributed by atoms with van der Waals surface area (Å²) in [6, 6.07) is 3.10. The quantitative estimate of drug-likeness (QED) is 0.789. The lowest BCUT2D eigenvalue weighted by Gasteiger charge is -2.09. The molecule has 120 valence electrons. The first-order chi connectivity index (χ1) is 10.3. The first-order valence-corrected chi connectivity index (χ1v) is 7.88. The number of nitrogens with one attached hydrogen (secondary N) is 2. The van der Waals surface area contributed by atoms with Gasteiger partial charge in [0, 0.05) is 12.6 Å². The van der Waals surface area contributed by atoms with Crippen LogP contribution in [0, 0.1) is 25.5 Å². The number of aryl methyl sites for hydroxylation is 2. The number of halogens is 2. The van der Waals surface area contributed by atoms with Gasteiger partial charge < -0.3 is 4.74 Å². The maximum absolute atomic E-state index is 13.0. The van der Waals surface area contributed by atoms with Crippen LogP contribution in [-0.2, 0) is 10.0 Å². The van der Waals surface area contributed by atoms with Crippen molar-refractivity contribution < 1.29 is 21.9 Å². The van der Waals surface area contributed by atoms with E-state index in [2.05, 4.69) is 14.9 Å². The third-order valence-electron chi connectivity index (χ3n) is 2.88. The summed E-state index contributed by atoms with van der Waals surface area (Å²) in [5.41, 5.74) is 0.804. The highest BCUT2D eigenvalue weighted by atomic mass is 32.2. The van der Waals surface area contributed by atoms with Crippen molar-refractivity contribution >= 4 is 10.0 Å². The molecule has 0 spiro atoms. The van der Waals surface area contributed by atoms with Gasteiger partial charge in [-0.3, -0.25) is 5.10 Å². The fraction of sp³-hybridized carbons (Fsp3) is 0.308. The van der Waals surface area contributed by atoms with E-state index in [0.29, 0.717) is 11.4 Å². The van der Waals surface area contributed by atoms with Gasteiger partial charge in [-0.15, -0.1) is 0 Å². The van der Waals surface area contributed by atoms with Gasteiger partial charge in [-0.05, 0) is 26.0 Å². The second-order valence-electron chi connectivity index (χ2n) is 4.59. The van der Waals surface area contributed by atoms with Gasteiger partial charge in [0.1, 0.15) is 17.3 Å². The molecule has 1 heterocycles. The molecule has 2 N–H and O–H groups in total. The lowest BCUT2D eigenvalue weighted by molar-refractivity contribution is 0.319. The molecule has 22 heavy (non-hydrogen) atoms. The third kappa shape index (κ3) is 3.60. The lowest BCUT2D eigenvalue weighted by atomic mass is 10.3. The maximum atomic E-state index is 13.0. The van der Waals surface area contributed by atoms with Gasteiger partial charge in [-0.1, -0.05) is 0 Å². The summed E-state index contributed by atoms with van der Waals surface area (Å²) in [4.78, 5) is 0.0975. The van der Waals surface area contributed by atoms with Gasteiger partial charge in [0.15, 0.2) is 11.6 Å². The molecule has 0 amide bonds. The van der Waals surface area contributed by atoms with Crippen LogP contribution in [0.25, 0.3) is 0 Å². The highest BCUT2D eigenvalue weighted by Gasteiger charge is 2.21. The van der Waals surface area contributed by atoms with Crippen molar-refractivity contribution in [3.05, 3.63) is 41.2 Å². The molecule has 2 aromatic rings. The van der Waals surface area contributed by atoms with Crippen molar-refractivity contribution in [2.75, 3.05) is 13.2 Å². The minimum atomic E-state index is -3.71. The lowest BCUT2D eigenvalue weighted by Crippen LogP contribution is -2.29. The topological polar surface area (TPSA) is 84.1 Å². The Morgan fingerprint density at radius 1 is 1.27 bits per heavy atom. The molecule has 0 aliphatic heterocycles. The summed E-state index contributed by atoms with van der Waals surface area (Å²) in [6.45, 7) is 3.13. The van der Waals surface area contributed by atoms with Crippen molar-refractivity contribution in [1.82, 2.24) is 14.9 Å². The molecule has 0 atom stereocenters. The summed E-state index contributed by atoms with van der Waals surface area (Å²) in [7, 11) is -3.71. The smallest absolute Gasteiger partial charge is 0.244 e. The SMILES string of the molecule is Cc1n[nH]c(C)c1S(=O)(=O)NCCOc1ccc(F)c(F)c1. The number of nitrogens with zero attached hydrogens (tertiary/aromatic N) is 1. The predicted molar refractivity (Wildman–Crippen MR) is 75.1 cm³/mol. The Hall–Kier alpha value is -2.00. The van der Waals surface area contributed by atoms with Crippen molar-refractivity contribution in [1.29, 1.82) is 0 Å². The Morgan fingerprint density at radius 3 is 2.59 bits per heavy atom. The highest BCUT2D eigenvalue weighted by Crippen LogP contribution is 2.17. The zero-order valence-electron chi connectivity index (χ0n) is 12.0. The zero-order chi connectivity index (χ0) is 16.3. The Bertz CT molecular complexity index is 755. The number of hydrogen-bond donors (Lipinski definition) is 2. The third-order valence-corrected chi connectivity index (χ3v) is 4.61. The monoisotopic (exact) mass is 331 g/mol. The van der Waals surface area contributed by atoms with E-state index < -0.39 is 21.7 Å². The van der Waals surface area contributed by atoms with Crippen molar-refractivity contribution in [3.8, 4) is 5.75 Å². The van der Waals surface area contributed by atoms with Crippen LogP contribution in [-0.4, -0.2) is 31.8 Å². The molecule has 0 aliphatic rings. The van der Waals surface area contributed by atoms with Gasteiger partial charge in [0.2, 0.25) is 10.0 Å². The minimum absolute atomic E-state index is 0.0224. The fourth-order valence-corrected chi connectivity index (χ4v) is 3.30. The molecule has 0 aliphatic carbocycles. The van der Waals surface area contributed by atoms with Gasteiger partial charge in [0.05, 0.1) is 11.4 Å². The molecule has 1 aromatic carbocycles. The Balaban J connectivity index is 1.92. The number of sulfonamides is 1. The number of aromatic amines is 1. The maximum Gasteiger partial charge on any atom is 0.244 e. The Kier molecular flexibility index (Phi) is 4.77. The summed E-state index contributed by atoms with van der Waals surface area (Å²) in [5.74, 6) is -1.88. The van der Waals surface area contributed by atoms with Crippen LogP contribution in [0.5, 0.6) is 5.75 Å². The molecule has 0 bridgehead atoms. The largest absolute Gasteiger partial charge is 0.492 e. The summed E-state index contributed by atoms with van der Waals surface area (Å²) in [5, 5.41) is 6.42. The van der Waals surface area contributed by atoms with Crippen LogP contribution >= 0.6 is 0 Å². The molecular weight excluding hydrogens is 316 g/mol. The average Bonchev–Trinajstić information content (AvgIpc) is 2.79. The van der Waals surface area contributed by atoms with Crippen molar-refractivity contribution in [2.45, 2.75) is 18.7 Å². The molecule has 0 saturated heterocycles. The van der Waals surface area contributed by atoms with E-state index in [4.69, 9.17) is 4.74 Å². The Labute approximate surface area is 126 Å². The molecule has 2 rings (SSSR count). The second kappa shape index (κ2) is 6.41. The van der Waals surface area contributed by atoms with E-state index in [-0.39, 0.29) is 23.8 Å². The molecule has 0 saturated carbocycles. The summed E-state index contributed by atoms with van der Waals surface area (Å²) >= 11 is 0. The number of aromatic nitrogens is 2. The fourth-order valence-electron chi connectivity index (χ4n) is 1.92. The normalized spacial score (nSPS) is 11.6. The minimum Gasteiger partial charge on any atom is -0.492 e. The Morgan fingerprint density at radius 2 is 2.00 bits per heavy atom. The van der Waals surface area contributed by atoms with Crippen LogP contribution in [0.15, 0.2) is 23.1 Å². The van der Waals surface area contributed by atoms with Crippen LogP contribution in [0.3, 0.4) is 0 Å². The number of H-pyrrole nitrogens is 1. The van der Waals surface area contributed by atoms with E-state index in [9.17, 15) is 17.2 Å². The predicted octanol–water partition coefficient (Wildman–Crippen LogP) is 1.66. The first-order valence-electron chi connectivity index (χ1n) is 6.40.